The zero-order valence-electron chi connectivity index (χ0n) is 15.0. The second-order valence-corrected chi connectivity index (χ2v) is 7.61. The fourth-order valence-electron chi connectivity index (χ4n) is 3.48. The van der Waals surface area contributed by atoms with Crippen LogP contribution in [0.3, 0.4) is 0 Å². The van der Waals surface area contributed by atoms with Gasteiger partial charge in [0.2, 0.25) is 0 Å². The summed E-state index contributed by atoms with van der Waals surface area (Å²) < 4.78 is 20.2. The Morgan fingerprint density at radius 2 is 1.93 bits per heavy atom. The molecule has 1 aliphatic rings. The molecule has 1 amide bonds. The van der Waals surface area contributed by atoms with Crippen molar-refractivity contribution in [2.24, 2.45) is 0 Å². The first-order valence-corrected chi connectivity index (χ1v) is 9.62. The molecule has 0 N–H and O–H groups in total. The van der Waals surface area contributed by atoms with Crippen molar-refractivity contribution in [1.82, 2.24) is 4.90 Å². The Kier molecular flexibility index (Phi) is 5.81. The normalized spacial score (nSPS) is 20.7. The Balaban J connectivity index is 1.83. The van der Waals surface area contributed by atoms with Crippen molar-refractivity contribution in [3.63, 3.8) is 0 Å². The molecule has 4 nitrogen and oxygen atoms in total. The van der Waals surface area contributed by atoms with Crippen LogP contribution in [0.25, 0.3) is 0 Å². The van der Waals surface area contributed by atoms with E-state index >= 15 is 0 Å². The van der Waals surface area contributed by atoms with Crippen LogP contribution in [0.5, 0.6) is 0 Å². The van der Waals surface area contributed by atoms with Crippen LogP contribution >= 0.6 is 15.9 Å². The average Bonchev–Trinajstić information content (AvgIpc) is 2.67. The minimum Gasteiger partial charge on any atom is -0.438 e. The van der Waals surface area contributed by atoms with Gasteiger partial charge in [0.25, 0.3) is 0 Å². The molecule has 0 aromatic heterocycles. The number of nitrogens with zero attached hydrogens (tertiary/aromatic N) is 2. The minimum absolute atomic E-state index is 0.132. The van der Waals surface area contributed by atoms with Crippen molar-refractivity contribution in [2.45, 2.75) is 37.8 Å². The Morgan fingerprint density at radius 1 is 1.26 bits per heavy atom. The minimum atomic E-state index is -0.892. The quantitative estimate of drug-likeness (QED) is 0.611. The summed E-state index contributed by atoms with van der Waals surface area (Å²) in [7, 11) is 0. The molecular formula is C21H20BrFN2O2. The fraction of sp³-hybridized carbons (Fsp3) is 0.333. The molecule has 140 valence electrons. The highest BCUT2D eigenvalue weighted by Crippen LogP contribution is 2.40. The molecule has 2 atom stereocenters. The van der Waals surface area contributed by atoms with E-state index in [0.717, 1.165) is 15.6 Å². The third-order valence-electron chi connectivity index (χ3n) is 5.10. The van der Waals surface area contributed by atoms with Crippen LogP contribution < -0.4 is 0 Å². The van der Waals surface area contributed by atoms with Gasteiger partial charge in [0.05, 0.1) is 12.1 Å². The van der Waals surface area contributed by atoms with Crippen LogP contribution in [0.15, 0.2) is 53.0 Å². The monoisotopic (exact) mass is 430 g/mol. The predicted molar refractivity (Wildman–Crippen MR) is 103 cm³/mol. The van der Waals surface area contributed by atoms with E-state index in [1.807, 2.05) is 31.2 Å². The topological polar surface area (TPSA) is 53.3 Å². The molecule has 0 radical (unpaired) electrons. The first-order valence-electron chi connectivity index (χ1n) is 8.83. The molecule has 1 saturated heterocycles. The third-order valence-corrected chi connectivity index (χ3v) is 5.63. The number of benzene rings is 2. The predicted octanol–water partition coefficient (Wildman–Crippen LogP) is 5.69. The lowest BCUT2D eigenvalue weighted by Crippen LogP contribution is -2.48. The lowest BCUT2D eigenvalue weighted by molar-refractivity contribution is -0.0647. The van der Waals surface area contributed by atoms with Gasteiger partial charge in [-0.15, -0.1) is 0 Å². The summed E-state index contributed by atoms with van der Waals surface area (Å²) in [5.41, 5.74) is 0.848. The van der Waals surface area contributed by atoms with Crippen molar-refractivity contribution in [2.75, 3.05) is 6.54 Å². The summed E-state index contributed by atoms with van der Waals surface area (Å²) >= 11 is 3.41. The average molecular weight is 431 g/mol. The number of carbonyl (C=O) groups is 1. The molecule has 2 aromatic carbocycles. The first kappa shape index (κ1) is 19.4. The standard InChI is InChI=1S/C21H20BrFN2O2/c1-15(16-3-7-18(22)8-4-16)25-14-12-21(11-2-13-24,27-20(25)26)17-5-9-19(23)10-6-17/h3-10,15H,2,11-12,14H2,1H3/t15-,21-/m0/s1. The van der Waals surface area contributed by atoms with E-state index in [4.69, 9.17) is 10.00 Å². The summed E-state index contributed by atoms with van der Waals surface area (Å²) in [6.07, 6.45) is 0.778. The molecular weight excluding hydrogens is 411 g/mol. The molecule has 3 rings (SSSR count). The summed E-state index contributed by atoms with van der Waals surface area (Å²) in [6.45, 7) is 2.46. The highest BCUT2D eigenvalue weighted by atomic mass is 79.9. The van der Waals surface area contributed by atoms with Gasteiger partial charge in [0, 0.05) is 30.3 Å². The summed E-state index contributed by atoms with van der Waals surface area (Å²) in [6, 6.07) is 15.8. The van der Waals surface area contributed by atoms with E-state index in [1.165, 1.54) is 12.1 Å². The number of cyclic esters (lactones) is 1. The number of amides is 1. The lowest BCUT2D eigenvalue weighted by atomic mass is 9.84. The second kappa shape index (κ2) is 8.10. The van der Waals surface area contributed by atoms with Crippen molar-refractivity contribution in [3.8, 4) is 6.07 Å². The SMILES string of the molecule is C[C@@H](c1ccc(Br)cc1)N1CC[C@@](CCC#N)(c2ccc(F)cc2)OC1=O. The van der Waals surface area contributed by atoms with Crippen molar-refractivity contribution >= 4 is 22.0 Å². The van der Waals surface area contributed by atoms with Crippen molar-refractivity contribution < 1.29 is 13.9 Å². The Morgan fingerprint density at radius 3 is 2.52 bits per heavy atom. The molecule has 0 unspecified atom stereocenters. The largest absolute Gasteiger partial charge is 0.438 e. The van der Waals surface area contributed by atoms with Gasteiger partial charge in [-0.3, -0.25) is 0 Å². The van der Waals surface area contributed by atoms with Gasteiger partial charge < -0.3 is 9.64 Å². The van der Waals surface area contributed by atoms with Gasteiger partial charge in [-0.25, -0.2) is 9.18 Å². The van der Waals surface area contributed by atoms with E-state index in [-0.39, 0.29) is 18.3 Å². The molecule has 1 fully saturated rings. The van der Waals surface area contributed by atoms with E-state index in [1.54, 1.807) is 17.0 Å². The number of carbonyl (C=O) groups excluding carboxylic acids is 1. The van der Waals surface area contributed by atoms with Gasteiger partial charge >= 0.3 is 6.09 Å². The molecule has 27 heavy (non-hydrogen) atoms. The smallest absolute Gasteiger partial charge is 0.411 e. The van der Waals surface area contributed by atoms with E-state index in [0.29, 0.717) is 19.4 Å². The van der Waals surface area contributed by atoms with Crippen LogP contribution in [0, 0.1) is 17.1 Å². The Bertz CT molecular complexity index is 848. The van der Waals surface area contributed by atoms with Gasteiger partial charge in [-0.2, -0.15) is 5.26 Å². The number of hydrogen-bond acceptors (Lipinski definition) is 3. The van der Waals surface area contributed by atoms with Crippen LogP contribution in [-0.4, -0.2) is 17.5 Å². The highest BCUT2D eigenvalue weighted by Gasteiger charge is 2.43. The maximum Gasteiger partial charge on any atom is 0.411 e. The lowest BCUT2D eigenvalue weighted by Gasteiger charge is -2.43. The van der Waals surface area contributed by atoms with Gasteiger partial charge in [-0.1, -0.05) is 40.2 Å². The Labute approximate surface area is 166 Å². The Hall–Kier alpha value is -2.39. The highest BCUT2D eigenvalue weighted by molar-refractivity contribution is 9.10. The zero-order chi connectivity index (χ0) is 19.4. The zero-order valence-corrected chi connectivity index (χ0v) is 16.6. The van der Waals surface area contributed by atoms with Crippen LogP contribution in [0.4, 0.5) is 9.18 Å². The maximum absolute atomic E-state index is 13.3. The molecule has 1 heterocycles. The van der Waals surface area contributed by atoms with E-state index < -0.39 is 11.7 Å². The molecule has 1 aliphatic heterocycles. The van der Waals surface area contributed by atoms with E-state index in [2.05, 4.69) is 22.0 Å². The number of rotatable bonds is 5. The van der Waals surface area contributed by atoms with Crippen LogP contribution in [-0.2, 0) is 10.3 Å². The van der Waals surface area contributed by atoms with Gasteiger partial charge in [0.1, 0.15) is 11.4 Å². The number of ether oxygens (including phenoxy) is 1. The summed E-state index contributed by atoms with van der Waals surface area (Å²) in [4.78, 5) is 14.5. The maximum atomic E-state index is 13.3. The van der Waals surface area contributed by atoms with Gasteiger partial charge in [-0.05, 0) is 42.3 Å². The van der Waals surface area contributed by atoms with E-state index in [9.17, 15) is 9.18 Å². The molecule has 0 saturated carbocycles. The summed E-state index contributed by atoms with van der Waals surface area (Å²) in [5.74, 6) is -0.346. The first-order chi connectivity index (χ1) is 12.9. The second-order valence-electron chi connectivity index (χ2n) is 6.70. The molecule has 0 spiro atoms. The summed E-state index contributed by atoms with van der Waals surface area (Å²) in [5, 5.41) is 9.01. The number of hydrogen-bond donors (Lipinski definition) is 0. The van der Waals surface area contributed by atoms with Crippen molar-refractivity contribution in [1.29, 1.82) is 5.26 Å². The van der Waals surface area contributed by atoms with Crippen LogP contribution in [0.1, 0.15) is 43.4 Å². The van der Waals surface area contributed by atoms with Crippen molar-refractivity contribution in [3.05, 3.63) is 69.9 Å². The molecule has 6 heteroatoms. The molecule has 0 bridgehead atoms. The van der Waals surface area contributed by atoms with Gasteiger partial charge in [0.15, 0.2) is 0 Å². The number of halogens is 2. The fourth-order valence-corrected chi connectivity index (χ4v) is 3.74. The van der Waals surface area contributed by atoms with Crippen LogP contribution in [0.2, 0.25) is 0 Å². The third kappa shape index (κ3) is 4.14. The molecule has 2 aromatic rings. The molecule has 0 aliphatic carbocycles. The number of nitriles is 1.